The number of thiocarbonyl (C=S) groups is 1. The minimum Gasteiger partial charge on any atom is -0.490 e. The minimum absolute atomic E-state index is 0.0996. The van der Waals surface area contributed by atoms with Crippen LogP contribution in [-0.4, -0.2) is 35.4 Å². The lowest BCUT2D eigenvalue weighted by atomic mass is 10.0. The van der Waals surface area contributed by atoms with Crippen LogP contribution >= 0.6 is 23.8 Å². The third-order valence-corrected chi connectivity index (χ3v) is 5.62. The summed E-state index contributed by atoms with van der Waals surface area (Å²) < 4.78 is 10.7. The first kappa shape index (κ1) is 20.7. The molecule has 6 nitrogen and oxygen atoms in total. The van der Waals surface area contributed by atoms with Gasteiger partial charge in [0.05, 0.1) is 23.4 Å². The van der Waals surface area contributed by atoms with E-state index in [1.165, 1.54) is 0 Å². The summed E-state index contributed by atoms with van der Waals surface area (Å²) >= 11 is 12.2. The third kappa shape index (κ3) is 4.14. The van der Waals surface area contributed by atoms with E-state index >= 15 is 0 Å². The molecule has 0 bridgehead atoms. The fraction of sp³-hybridized carbons (Fsp3) is 0.273. The van der Waals surface area contributed by atoms with Crippen LogP contribution in [0.3, 0.4) is 0 Å². The average Bonchev–Trinajstić information content (AvgIpc) is 3.33. The standard InChI is InChI=1S/C22H23ClN4O2S/c1-14-6-8-18(25-14)21-20(17-5-3-4-10-24-17)26-22(30)27(21)15-7-9-19(16(23)13-15)29-12-11-28-2/h3-10,13,20-21,25H,11-12H2,1-2H3,(H,26,30). The molecule has 4 rings (SSSR count). The van der Waals surface area contributed by atoms with Crippen molar-refractivity contribution in [1.82, 2.24) is 15.3 Å². The maximum absolute atomic E-state index is 6.51. The van der Waals surface area contributed by atoms with Crippen LogP contribution in [-0.2, 0) is 4.74 Å². The number of rotatable bonds is 7. The van der Waals surface area contributed by atoms with Gasteiger partial charge in [-0.15, -0.1) is 0 Å². The fourth-order valence-corrected chi connectivity index (χ4v) is 4.21. The largest absolute Gasteiger partial charge is 0.490 e. The van der Waals surface area contributed by atoms with E-state index in [9.17, 15) is 0 Å². The Labute approximate surface area is 186 Å². The van der Waals surface area contributed by atoms with Gasteiger partial charge in [-0.05, 0) is 61.6 Å². The molecule has 1 fully saturated rings. The number of hydrogen-bond donors (Lipinski definition) is 2. The quantitative estimate of drug-likeness (QED) is 0.412. The Morgan fingerprint density at radius 1 is 1.17 bits per heavy atom. The molecule has 2 aromatic heterocycles. The summed E-state index contributed by atoms with van der Waals surface area (Å²) in [5, 5.41) is 4.58. The summed E-state index contributed by atoms with van der Waals surface area (Å²) in [7, 11) is 1.63. The van der Waals surface area contributed by atoms with E-state index < -0.39 is 0 Å². The van der Waals surface area contributed by atoms with Crippen LogP contribution in [0.1, 0.15) is 29.2 Å². The summed E-state index contributed by atoms with van der Waals surface area (Å²) in [4.78, 5) is 10.1. The van der Waals surface area contributed by atoms with E-state index in [-0.39, 0.29) is 12.1 Å². The zero-order valence-electron chi connectivity index (χ0n) is 16.8. The van der Waals surface area contributed by atoms with Crippen LogP contribution in [0.4, 0.5) is 5.69 Å². The number of ether oxygens (including phenoxy) is 2. The molecule has 0 aliphatic carbocycles. The first-order valence-corrected chi connectivity index (χ1v) is 10.4. The van der Waals surface area contributed by atoms with Crippen molar-refractivity contribution in [3.05, 3.63) is 76.8 Å². The Kier molecular flexibility index (Phi) is 6.22. The van der Waals surface area contributed by atoms with Crippen molar-refractivity contribution >= 4 is 34.6 Å². The number of aromatic amines is 1. The Balaban J connectivity index is 1.70. The van der Waals surface area contributed by atoms with Gasteiger partial charge in [0.15, 0.2) is 5.11 Å². The number of aromatic nitrogens is 2. The highest BCUT2D eigenvalue weighted by atomic mass is 35.5. The monoisotopic (exact) mass is 442 g/mol. The molecule has 3 aromatic rings. The number of hydrogen-bond acceptors (Lipinski definition) is 4. The van der Waals surface area contributed by atoms with Crippen LogP contribution < -0.4 is 15.0 Å². The average molecular weight is 443 g/mol. The molecule has 1 aromatic carbocycles. The van der Waals surface area contributed by atoms with Crippen molar-refractivity contribution in [3.8, 4) is 5.75 Å². The van der Waals surface area contributed by atoms with Crippen molar-refractivity contribution in [2.45, 2.75) is 19.0 Å². The van der Waals surface area contributed by atoms with E-state index in [2.05, 4.69) is 32.3 Å². The van der Waals surface area contributed by atoms with E-state index in [0.717, 1.165) is 22.8 Å². The third-order valence-electron chi connectivity index (χ3n) is 5.01. The lowest BCUT2D eigenvalue weighted by Crippen LogP contribution is -2.29. The molecule has 30 heavy (non-hydrogen) atoms. The van der Waals surface area contributed by atoms with Crippen LogP contribution in [0.5, 0.6) is 5.75 Å². The maximum Gasteiger partial charge on any atom is 0.174 e. The van der Waals surface area contributed by atoms with Gasteiger partial charge in [0, 0.05) is 30.4 Å². The summed E-state index contributed by atoms with van der Waals surface area (Å²) in [6, 6.07) is 15.5. The molecule has 0 amide bonds. The van der Waals surface area contributed by atoms with Gasteiger partial charge in [-0.25, -0.2) is 0 Å². The number of nitrogens with zero attached hydrogens (tertiary/aromatic N) is 2. The van der Waals surface area contributed by atoms with Crippen LogP contribution in [0.25, 0.3) is 0 Å². The number of benzene rings is 1. The Hall–Kier alpha value is -2.61. The molecular formula is C22H23ClN4O2S. The van der Waals surface area contributed by atoms with Gasteiger partial charge < -0.3 is 24.7 Å². The Morgan fingerprint density at radius 3 is 2.70 bits per heavy atom. The second-order valence-electron chi connectivity index (χ2n) is 7.05. The SMILES string of the molecule is COCCOc1ccc(N2C(=S)NC(c3ccccn3)C2c2ccc(C)[nH]2)cc1Cl. The topological polar surface area (TPSA) is 62.4 Å². The number of H-pyrrole nitrogens is 1. The molecule has 0 radical (unpaired) electrons. The van der Waals surface area contributed by atoms with E-state index in [1.807, 2.05) is 43.3 Å². The summed E-state index contributed by atoms with van der Waals surface area (Å²) in [5.74, 6) is 0.615. The van der Waals surface area contributed by atoms with Gasteiger partial charge in [-0.1, -0.05) is 17.7 Å². The van der Waals surface area contributed by atoms with Crippen molar-refractivity contribution in [1.29, 1.82) is 0 Å². The second kappa shape index (κ2) is 9.04. The number of pyridine rings is 1. The van der Waals surface area contributed by atoms with Crippen LogP contribution in [0.2, 0.25) is 5.02 Å². The smallest absolute Gasteiger partial charge is 0.174 e. The van der Waals surface area contributed by atoms with Gasteiger partial charge in [0.25, 0.3) is 0 Å². The minimum atomic E-state index is -0.104. The molecular weight excluding hydrogens is 420 g/mol. The van der Waals surface area contributed by atoms with E-state index in [1.54, 1.807) is 13.3 Å². The normalized spacial score (nSPS) is 18.5. The zero-order chi connectivity index (χ0) is 21.1. The van der Waals surface area contributed by atoms with Crippen molar-refractivity contribution < 1.29 is 9.47 Å². The highest BCUT2D eigenvalue weighted by Gasteiger charge is 2.41. The van der Waals surface area contributed by atoms with E-state index in [0.29, 0.717) is 29.1 Å². The lowest BCUT2D eigenvalue weighted by molar-refractivity contribution is 0.146. The first-order valence-electron chi connectivity index (χ1n) is 9.66. The summed E-state index contributed by atoms with van der Waals surface area (Å²) in [5.41, 5.74) is 3.94. The van der Waals surface area contributed by atoms with Gasteiger partial charge in [0.2, 0.25) is 0 Å². The van der Waals surface area contributed by atoms with Gasteiger partial charge in [-0.3, -0.25) is 4.98 Å². The number of methoxy groups -OCH3 is 1. The molecule has 2 unspecified atom stereocenters. The summed E-state index contributed by atoms with van der Waals surface area (Å²) in [6.45, 7) is 2.97. The highest BCUT2D eigenvalue weighted by molar-refractivity contribution is 7.80. The van der Waals surface area contributed by atoms with Crippen LogP contribution in [0, 0.1) is 6.92 Å². The molecule has 1 aliphatic rings. The molecule has 0 spiro atoms. The second-order valence-corrected chi connectivity index (χ2v) is 7.84. The van der Waals surface area contributed by atoms with Crippen molar-refractivity contribution in [2.75, 3.05) is 25.2 Å². The molecule has 3 heterocycles. The molecule has 156 valence electrons. The van der Waals surface area contributed by atoms with Crippen LogP contribution in [0.15, 0.2) is 54.7 Å². The van der Waals surface area contributed by atoms with Gasteiger partial charge in [-0.2, -0.15) is 0 Å². The van der Waals surface area contributed by atoms with Crippen molar-refractivity contribution in [2.24, 2.45) is 0 Å². The number of anilines is 1. The molecule has 1 aliphatic heterocycles. The van der Waals surface area contributed by atoms with Gasteiger partial charge >= 0.3 is 0 Å². The molecule has 0 saturated carbocycles. The summed E-state index contributed by atoms with van der Waals surface area (Å²) in [6.07, 6.45) is 1.79. The maximum atomic E-state index is 6.51. The number of aryl methyl sites for hydroxylation is 1. The zero-order valence-corrected chi connectivity index (χ0v) is 18.3. The Bertz CT molecular complexity index is 1030. The first-order chi connectivity index (χ1) is 14.6. The molecule has 8 heteroatoms. The molecule has 2 N–H and O–H groups in total. The lowest BCUT2D eigenvalue weighted by Gasteiger charge is -2.27. The van der Waals surface area contributed by atoms with Crippen molar-refractivity contribution in [3.63, 3.8) is 0 Å². The number of halogens is 1. The fourth-order valence-electron chi connectivity index (χ4n) is 3.64. The number of nitrogens with one attached hydrogen (secondary N) is 2. The highest BCUT2D eigenvalue weighted by Crippen LogP contribution is 2.42. The Morgan fingerprint density at radius 2 is 2.03 bits per heavy atom. The van der Waals surface area contributed by atoms with Gasteiger partial charge in [0.1, 0.15) is 18.4 Å². The van der Waals surface area contributed by atoms with E-state index in [4.69, 9.17) is 33.3 Å². The molecule has 1 saturated heterocycles. The predicted molar refractivity (Wildman–Crippen MR) is 122 cm³/mol. The predicted octanol–water partition coefficient (Wildman–Crippen LogP) is 4.57. The molecule has 2 atom stereocenters.